The van der Waals surface area contributed by atoms with E-state index in [1.54, 1.807) is 17.8 Å². The van der Waals surface area contributed by atoms with Crippen LogP contribution in [0.25, 0.3) is 32.0 Å². The highest BCUT2D eigenvalue weighted by Crippen LogP contribution is 2.42. The number of pyridine rings is 1. The van der Waals surface area contributed by atoms with Crippen LogP contribution in [0.2, 0.25) is 0 Å². The molecule has 164 valence electrons. The van der Waals surface area contributed by atoms with Crippen molar-refractivity contribution in [3.05, 3.63) is 60.3 Å². The first-order valence-electron chi connectivity index (χ1n) is 10.3. The Morgan fingerprint density at radius 1 is 1.03 bits per heavy atom. The van der Waals surface area contributed by atoms with E-state index in [1.807, 2.05) is 6.20 Å². The number of thiazole rings is 1. The van der Waals surface area contributed by atoms with Gasteiger partial charge < -0.3 is 0 Å². The van der Waals surface area contributed by atoms with Crippen molar-refractivity contribution in [2.75, 3.05) is 5.75 Å². The third kappa shape index (κ3) is 4.82. The van der Waals surface area contributed by atoms with E-state index in [-0.39, 0.29) is 16.7 Å². The Balaban J connectivity index is 1.48. The lowest BCUT2D eigenvalue weighted by molar-refractivity contribution is -0.0328. The number of rotatable bonds is 6. The fraction of sp³-hybridized carbons (Fsp3) is 0.250. The van der Waals surface area contributed by atoms with Gasteiger partial charge >= 0.3 is 5.51 Å². The van der Waals surface area contributed by atoms with E-state index in [4.69, 9.17) is 4.98 Å². The van der Waals surface area contributed by atoms with Crippen LogP contribution in [0, 0.1) is 0 Å². The van der Waals surface area contributed by atoms with Crippen LogP contribution in [0.15, 0.2) is 64.5 Å². The van der Waals surface area contributed by atoms with E-state index in [1.165, 1.54) is 41.9 Å². The van der Waals surface area contributed by atoms with Gasteiger partial charge in [-0.1, -0.05) is 31.2 Å². The molecule has 2 nitrogen and oxygen atoms in total. The number of halogens is 3. The topological polar surface area (TPSA) is 25.8 Å². The fourth-order valence-electron chi connectivity index (χ4n) is 3.60. The van der Waals surface area contributed by atoms with Crippen molar-refractivity contribution < 1.29 is 13.2 Å². The smallest absolute Gasteiger partial charge is 0.252 e. The minimum Gasteiger partial charge on any atom is -0.252 e. The molecule has 1 saturated carbocycles. The van der Waals surface area contributed by atoms with Crippen molar-refractivity contribution in [3.63, 3.8) is 0 Å². The highest BCUT2D eigenvalue weighted by Gasteiger charge is 2.29. The molecule has 0 atom stereocenters. The molecule has 1 fully saturated rings. The molecule has 0 radical (unpaired) electrons. The molecule has 0 saturated heterocycles. The van der Waals surface area contributed by atoms with Crippen molar-refractivity contribution in [2.24, 2.45) is 0 Å². The summed E-state index contributed by atoms with van der Waals surface area (Å²) in [4.78, 5) is 10.5. The van der Waals surface area contributed by atoms with Gasteiger partial charge in [0, 0.05) is 21.6 Å². The molecule has 2 heterocycles. The lowest BCUT2D eigenvalue weighted by Gasteiger charge is -2.09. The second kappa shape index (κ2) is 8.72. The van der Waals surface area contributed by atoms with Crippen LogP contribution in [0.3, 0.4) is 0 Å². The normalized spacial score (nSPS) is 14.2. The van der Waals surface area contributed by atoms with Crippen LogP contribution >= 0.6 is 34.9 Å². The minimum atomic E-state index is -4.31. The Morgan fingerprint density at radius 3 is 2.50 bits per heavy atom. The maximum Gasteiger partial charge on any atom is 0.446 e. The standard InChI is InChI=1S/C24H19F3N2S3/c1-2-30-21-11-17(16-7-5-15(6-8-16)14-3-4-14)13-28-22(21)23-29-19-12-18(32-24(25,26)27)9-10-20(19)31-23/h5-14H,2-4H2,1H3. The molecule has 0 spiro atoms. The van der Waals surface area contributed by atoms with Gasteiger partial charge in [-0.15, -0.1) is 23.1 Å². The van der Waals surface area contributed by atoms with E-state index in [0.717, 1.165) is 43.1 Å². The van der Waals surface area contributed by atoms with E-state index >= 15 is 0 Å². The quantitative estimate of drug-likeness (QED) is 0.254. The number of benzene rings is 2. The summed E-state index contributed by atoms with van der Waals surface area (Å²) in [5, 5.41) is 0.723. The van der Waals surface area contributed by atoms with Crippen LogP contribution < -0.4 is 0 Å². The zero-order valence-electron chi connectivity index (χ0n) is 17.1. The van der Waals surface area contributed by atoms with E-state index < -0.39 is 5.51 Å². The van der Waals surface area contributed by atoms with E-state index in [0.29, 0.717) is 5.52 Å². The second-order valence-electron chi connectivity index (χ2n) is 7.60. The number of nitrogens with zero attached hydrogens (tertiary/aromatic N) is 2. The summed E-state index contributed by atoms with van der Waals surface area (Å²) >= 11 is 3.03. The Bertz CT molecular complexity index is 1260. The van der Waals surface area contributed by atoms with Gasteiger partial charge in [-0.05, 0) is 71.7 Å². The molecule has 32 heavy (non-hydrogen) atoms. The Morgan fingerprint density at radius 2 is 1.81 bits per heavy atom. The summed E-state index contributed by atoms with van der Waals surface area (Å²) in [7, 11) is 0. The third-order valence-corrected chi connectivity index (χ3v) is 7.92. The molecule has 0 unspecified atom stereocenters. The maximum absolute atomic E-state index is 12.7. The summed E-state index contributed by atoms with van der Waals surface area (Å²) < 4.78 is 39.0. The molecule has 1 aliphatic rings. The van der Waals surface area contributed by atoms with Gasteiger partial charge in [-0.3, -0.25) is 4.98 Å². The molecular weight excluding hydrogens is 469 g/mol. The largest absolute Gasteiger partial charge is 0.446 e. The number of thioether (sulfide) groups is 2. The maximum atomic E-state index is 12.7. The van der Waals surface area contributed by atoms with Gasteiger partial charge in [-0.2, -0.15) is 13.2 Å². The number of fused-ring (bicyclic) bond motifs is 1. The van der Waals surface area contributed by atoms with Gasteiger partial charge in [0.1, 0.15) is 10.7 Å². The monoisotopic (exact) mass is 488 g/mol. The number of aromatic nitrogens is 2. The van der Waals surface area contributed by atoms with Gasteiger partial charge in [0.05, 0.1) is 10.2 Å². The molecule has 1 aliphatic carbocycles. The first-order chi connectivity index (χ1) is 15.4. The van der Waals surface area contributed by atoms with Crippen molar-refractivity contribution in [1.29, 1.82) is 0 Å². The fourth-order valence-corrected chi connectivity index (χ4v) is 6.00. The zero-order chi connectivity index (χ0) is 22.3. The Labute approximate surface area is 196 Å². The molecule has 0 N–H and O–H groups in total. The molecule has 8 heteroatoms. The summed E-state index contributed by atoms with van der Waals surface area (Å²) in [5.41, 5.74) is 0.612. The van der Waals surface area contributed by atoms with Crippen molar-refractivity contribution in [1.82, 2.24) is 9.97 Å². The average molecular weight is 489 g/mol. The van der Waals surface area contributed by atoms with Gasteiger partial charge in [0.15, 0.2) is 0 Å². The Kier molecular flexibility index (Phi) is 5.94. The van der Waals surface area contributed by atoms with Gasteiger partial charge in [-0.25, -0.2) is 4.98 Å². The molecule has 5 rings (SSSR count). The SMILES string of the molecule is CCSc1cc(-c2ccc(C3CC3)cc2)cnc1-c1nc2cc(SC(F)(F)F)ccc2s1. The lowest BCUT2D eigenvalue weighted by Crippen LogP contribution is -1.98. The predicted octanol–water partition coefficient (Wildman–Crippen LogP) is 8.63. The van der Waals surface area contributed by atoms with E-state index in [2.05, 4.69) is 42.2 Å². The summed E-state index contributed by atoms with van der Waals surface area (Å²) in [6.45, 7) is 2.09. The Hall–Kier alpha value is -2.03. The first-order valence-corrected chi connectivity index (χ1v) is 12.9. The van der Waals surface area contributed by atoms with Gasteiger partial charge in [0.2, 0.25) is 0 Å². The van der Waals surface area contributed by atoms with Crippen molar-refractivity contribution in [2.45, 2.75) is 41.0 Å². The minimum absolute atomic E-state index is 0.117. The summed E-state index contributed by atoms with van der Waals surface area (Å²) in [6.07, 6.45) is 4.43. The van der Waals surface area contributed by atoms with Crippen LogP contribution in [0.5, 0.6) is 0 Å². The number of hydrogen-bond donors (Lipinski definition) is 0. The third-order valence-electron chi connectivity index (χ3n) is 5.24. The highest BCUT2D eigenvalue weighted by atomic mass is 32.2. The highest BCUT2D eigenvalue weighted by molar-refractivity contribution is 8.00. The van der Waals surface area contributed by atoms with Crippen molar-refractivity contribution >= 4 is 45.1 Å². The van der Waals surface area contributed by atoms with Crippen LogP contribution in [-0.2, 0) is 0 Å². The first kappa shape index (κ1) is 21.8. The number of alkyl halides is 3. The van der Waals surface area contributed by atoms with Crippen LogP contribution in [-0.4, -0.2) is 21.2 Å². The molecule has 0 bridgehead atoms. The van der Waals surface area contributed by atoms with E-state index in [9.17, 15) is 13.2 Å². The second-order valence-corrected chi connectivity index (χ2v) is 11.1. The number of hydrogen-bond acceptors (Lipinski definition) is 5. The molecule has 2 aromatic carbocycles. The molecular formula is C24H19F3N2S3. The molecule has 2 aromatic heterocycles. The molecule has 0 amide bonds. The summed E-state index contributed by atoms with van der Waals surface area (Å²) in [6, 6.07) is 15.5. The zero-order valence-corrected chi connectivity index (χ0v) is 19.6. The summed E-state index contributed by atoms with van der Waals surface area (Å²) in [5.74, 6) is 1.61. The predicted molar refractivity (Wildman–Crippen MR) is 129 cm³/mol. The van der Waals surface area contributed by atoms with Crippen LogP contribution in [0.4, 0.5) is 13.2 Å². The molecule has 4 aromatic rings. The lowest BCUT2D eigenvalue weighted by atomic mass is 10.0. The van der Waals surface area contributed by atoms with Crippen molar-refractivity contribution in [3.8, 4) is 21.8 Å². The van der Waals surface area contributed by atoms with Crippen LogP contribution in [0.1, 0.15) is 31.2 Å². The van der Waals surface area contributed by atoms with Gasteiger partial charge in [0.25, 0.3) is 0 Å². The molecule has 0 aliphatic heterocycles. The average Bonchev–Trinajstić information content (AvgIpc) is 3.52.